The number of benzene rings is 1. The third kappa shape index (κ3) is 4.10. The van der Waals surface area contributed by atoms with Gasteiger partial charge in [-0.15, -0.1) is 0 Å². The second kappa shape index (κ2) is 8.43. The molecule has 1 amide bonds. The van der Waals surface area contributed by atoms with E-state index in [2.05, 4.69) is 16.9 Å². The summed E-state index contributed by atoms with van der Waals surface area (Å²) in [5, 5.41) is 0. The summed E-state index contributed by atoms with van der Waals surface area (Å²) >= 11 is 0. The van der Waals surface area contributed by atoms with Crippen LogP contribution in [0.2, 0.25) is 0 Å². The van der Waals surface area contributed by atoms with Crippen molar-refractivity contribution >= 4 is 5.91 Å². The van der Waals surface area contributed by atoms with Gasteiger partial charge in [-0.25, -0.2) is 9.97 Å². The van der Waals surface area contributed by atoms with Gasteiger partial charge in [-0.3, -0.25) is 4.79 Å². The number of carbonyl (C=O) groups is 1. The first-order chi connectivity index (χ1) is 11.6. The Bertz CT molecular complexity index is 688. The second-order valence-electron chi connectivity index (χ2n) is 5.91. The summed E-state index contributed by atoms with van der Waals surface area (Å²) in [6.07, 6.45) is 5.56. The number of aryl methyl sites for hydroxylation is 1. The number of para-hydroxylation sites is 1. The molecule has 0 aliphatic rings. The average Bonchev–Trinajstić information content (AvgIpc) is 2.61. The molecule has 24 heavy (non-hydrogen) atoms. The predicted octanol–water partition coefficient (Wildman–Crippen LogP) is 3.14. The van der Waals surface area contributed by atoms with Gasteiger partial charge in [-0.1, -0.05) is 31.5 Å². The fraction of sp³-hybridized carbons (Fsp3) is 0.421. The summed E-state index contributed by atoms with van der Waals surface area (Å²) in [5.74, 6) is 0.807. The Kier molecular flexibility index (Phi) is 6.29. The van der Waals surface area contributed by atoms with Crippen molar-refractivity contribution < 1.29 is 9.53 Å². The van der Waals surface area contributed by atoms with Gasteiger partial charge in [0.25, 0.3) is 5.91 Å². The molecule has 2 rings (SSSR count). The summed E-state index contributed by atoms with van der Waals surface area (Å²) in [6.45, 7) is 4.11. The quantitative estimate of drug-likeness (QED) is 0.784. The standard InChI is InChI=1S/C19H25N3O2/c1-5-8-17-16(12-20-13-21-17)19(23)22(3)14(2)11-15-9-6-7-10-18(15)24-4/h6-7,9-10,12-14H,5,8,11H2,1-4H3/t14-/m1/s1. The molecule has 5 nitrogen and oxygen atoms in total. The minimum atomic E-state index is -0.0403. The van der Waals surface area contributed by atoms with Crippen LogP contribution in [0.5, 0.6) is 5.75 Å². The summed E-state index contributed by atoms with van der Waals surface area (Å²) in [5.41, 5.74) is 2.49. The number of likely N-dealkylation sites (N-methyl/N-ethyl adjacent to an activating group) is 1. The Morgan fingerprint density at radius 1 is 1.33 bits per heavy atom. The monoisotopic (exact) mass is 327 g/mol. The lowest BCUT2D eigenvalue weighted by molar-refractivity contribution is 0.0741. The minimum absolute atomic E-state index is 0.0310. The number of carbonyl (C=O) groups excluding carboxylic acids is 1. The number of hydrogen-bond acceptors (Lipinski definition) is 4. The molecule has 128 valence electrons. The molecule has 0 fully saturated rings. The molecular weight excluding hydrogens is 302 g/mol. The smallest absolute Gasteiger partial charge is 0.257 e. The lowest BCUT2D eigenvalue weighted by Gasteiger charge is -2.26. The Hall–Kier alpha value is -2.43. The van der Waals surface area contributed by atoms with Gasteiger partial charge < -0.3 is 9.64 Å². The van der Waals surface area contributed by atoms with Gasteiger partial charge in [0.15, 0.2) is 0 Å². The zero-order valence-electron chi connectivity index (χ0n) is 14.8. The molecule has 0 bridgehead atoms. The molecular formula is C19H25N3O2. The van der Waals surface area contributed by atoms with Crippen LogP contribution in [0.1, 0.15) is 41.9 Å². The van der Waals surface area contributed by atoms with Gasteiger partial charge in [0.1, 0.15) is 12.1 Å². The van der Waals surface area contributed by atoms with Gasteiger partial charge in [0.05, 0.1) is 18.4 Å². The molecule has 1 aromatic carbocycles. The highest BCUT2D eigenvalue weighted by molar-refractivity contribution is 5.95. The first-order valence-corrected chi connectivity index (χ1v) is 8.26. The normalized spacial score (nSPS) is 11.8. The van der Waals surface area contributed by atoms with Crippen LogP contribution in [-0.4, -0.2) is 41.0 Å². The molecule has 0 spiro atoms. The second-order valence-corrected chi connectivity index (χ2v) is 5.91. The SMILES string of the molecule is CCCc1ncncc1C(=O)N(C)[C@H](C)Cc1ccccc1OC. The Labute approximate surface area is 143 Å². The number of ether oxygens (including phenoxy) is 1. The summed E-state index contributed by atoms with van der Waals surface area (Å²) in [7, 11) is 3.49. The van der Waals surface area contributed by atoms with Crippen molar-refractivity contribution in [2.24, 2.45) is 0 Å². The summed E-state index contributed by atoms with van der Waals surface area (Å²) in [6, 6.07) is 7.93. The van der Waals surface area contributed by atoms with Crippen molar-refractivity contribution in [3.63, 3.8) is 0 Å². The van der Waals surface area contributed by atoms with Crippen LogP contribution < -0.4 is 4.74 Å². The maximum Gasteiger partial charge on any atom is 0.257 e. The van der Waals surface area contributed by atoms with E-state index >= 15 is 0 Å². The highest BCUT2D eigenvalue weighted by Gasteiger charge is 2.21. The first-order valence-electron chi connectivity index (χ1n) is 8.26. The highest BCUT2D eigenvalue weighted by atomic mass is 16.5. The Morgan fingerprint density at radius 3 is 2.79 bits per heavy atom. The van der Waals surface area contributed by atoms with E-state index in [0.29, 0.717) is 5.56 Å². The van der Waals surface area contributed by atoms with Gasteiger partial charge in [0, 0.05) is 19.3 Å². The number of aromatic nitrogens is 2. The van der Waals surface area contributed by atoms with Crippen molar-refractivity contribution in [2.75, 3.05) is 14.2 Å². The average molecular weight is 327 g/mol. The molecule has 0 aliphatic heterocycles. The number of amides is 1. The minimum Gasteiger partial charge on any atom is -0.496 e. The van der Waals surface area contributed by atoms with Gasteiger partial charge in [0.2, 0.25) is 0 Å². The van der Waals surface area contributed by atoms with Crippen LogP contribution in [0, 0.1) is 0 Å². The van der Waals surface area contributed by atoms with Crippen LogP contribution in [0.25, 0.3) is 0 Å². The van der Waals surface area contributed by atoms with E-state index in [1.165, 1.54) is 6.33 Å². The van der Waals surface area contributed by atoms with E-state index in [9.17, 15) is 4.79 Å². The van der Waals surface area contributed by atoms with E-state index in [1.807, 2.05) is 38.2 Å². The largest absolute Gasteiger partial charge is 0.496 e. The van der Waals surface area contributed by atoms with Crippen molar-refractivity contribution in [2.45, 2.75) is 39.2 Å². The number of nitrogens with zero attached hydrogens (tertiary/aromatic N) is 3. The fourth-order valence-electron chi connectivity index (χ4n) is 2.69. The van der Waals surface area contributed by atoms with Crippen LogP contribution >= 0.6 is 0 Å². The van der Waals surface area contributed by atoms with Crippen molar-refractivity contribution in [3.8, 4) is 5.75 Å². The van der Waals surface area contributed by atoms with Crippen LogP contribution in [0.3, 0.4) is 0 Å². The molecule has 0 N–H and O–H groups in total. The maximum absolute atomic E-state index is 12.8. The summed E-state index contributed by atoms with van der Waals surface area (Å²) in [4.78, 5) is 22.9. The molecule has 0 saturated carbocycles. The van der Waals surface area contributed by atoms with Gasteiger partial charge >= 0.3 is 0 Å². The van der Waals surface area contributed by atoms with E-state index in [-0.39, 0.29) is 11.9 Å². The van der Waals surface area contributed by atoms with Crippen LogP contribution in [0.15, 0.2) is 36.8 Å². The van der Waals surface area contributed by atoms with E-state index in [1.54, 1.807) is 18.2 Å². The molecule has 1 heterocycles. The van der Waals surface area contributed by atoms with Crippen molar-refractivity contribution in [1.29, 1.82) is 0 Å². The molecule has 1 aromatic heterocycles. The Morgan fingerprint density at radius 2 is 2.08 bits per heavy atom. The number of methoxy groups -OCH3 is 1. The highest BCUT2D eigenvalue weighted by Crippen LogP contribution is 2.21. The van der Waals surface area contributed by atoms with Gasteiger partial charge in [-0.05, 0) is 31.4 Å². The predicted molar refractivity (Wildman–Crippen MR) is 94.3 cm³/mol. The van der Waals surface area contributed by atoms with Crippen LogP contribution in [-0.2, 0) is 12.8 Å². The van der Waals surface area contributed by atoms with Crippen molar-refractivity contribution in [3.05, 3.63) is 53.6 Å². The molecule has 0 radical (unpaired) electrons. The molecule has 5 heteroatoms. The zero-order chi connectivity index (χ0) is 17.5. The zero-order valence-corrected chi connectivity index (χ0v) is 14.8. The van der Waals surface area contributed by atoms with Crippen LogP contribution in [0.4, 0.5) is 0 Å². The lowest BCUT2D eigenvalue weighted by Crippen LogP contribution is -2.37. The fourth-order valence-corrected chi connectivity index (χ4v) is 2.69. The van der Waals surface area contributed by atoms with Gasteiger partial charge in [-0.2, -0.15) is 0 Å². The molecule has 0 aliphatic carbocycles. The van der Waals surface area contributed by atoms with E-state index < -0.39 is 0 Å². The maximum atomic E-state index is 12.8. The summed E-state index contributed by atoms with van der Waals surface area (Å²) < 4.78 is 5.40. The van der Waals surface area contributed by atoms with Crippen molar-refractivity contribution in [1.82, 2.24) is 14.9 Å². The molecule has 0 saturated heterocycles. The third-order valence-corrected chi connectivity index (χ3v) is 4.20. The van der Waals surface area contributed by atoms with E-state index in [0.717, 1.165) is 36.3 Å². The first kappa shape index (κ1) is 17.9. The molecule has 0 unspecified atom stereocenters. The number of hydrogen-bond donors (Lipinski definition) is 0. The molecule has 1 atom stereocenters. The van der Waals surface area contributed by atoms with E-state index in [4.69, 9.17) is 4.74 Å². The lowest BCUT2D eigenvalue weighted by atomic mass is 10.0. The third-order valence-electron chi connectivity index (χ3n) is 4.20. The number of rotatable bonds is 7. The molecule has 2 aromatic rings. The topological polar surface area (TPSA) is 55.3 Å². The Balaban J connectivity index is 2.15.